The van der Waals surface area contributed by atoms with Gasteiger partial charge < -0.3 is 10.2 Å². The molecule has 0 radical (unpaired) electrons. The molecule has 142 valence electrons. The first-order chi connectivity index (χ1) is 12.9. The van der Waals surface area contributed by atoms with Crippen LogP contribution in [0, 0.1) is 5.92 Å². The normalized spacial score (nSPS) is 17.8. The number of nitrogens with two attached hydrogens (primary N) is 1. The molecule has 0 fully saturated rings. The Labute approximate surface area is 164 Å². The Morgan fingerprint density at radius 3 is 3.07 bits per heavy atom. The second-order valence-corrected chi connectivity index (χ2v) is 9.45. The van der Waals surface area contributed by atoms with Crippen molar-refractivity contribution in [1.82, 2.24) is 9.55 Å². The minimum absolute atomic E-state index is 0.0670. The maximum absolute atomic E-state index is 13.4. The lowest BCUT2D eigenvalue weighted by atomic mass is 9.89. The molecule has 0 aliphatic heterocycles. The number of carbonyl (C=O) groups is 1. The van der Waals surface area contributed by atoms with Crippen molar-refractivity contribution in [2.24, 2.45) is 11.7 Å². The SMILES string of the molecule is C[C@@H]1CCc2c(sc3nc(S[C@@H](C)C(N)=O)n(Cc4ccco4)c(=O)c23)C1. The van der Waals surface area contributed by atoms with Crippen LogP contribution in [0.5, 0.6) is 0 Å². The van der Waals surface area contributed by atoms with Gasteiger partial charge in [0.05, 0.1) is 23.4 Å². The molecule has 0 unspecified atom stereocenters. The standard InChI is InChI=1S/C19H21N3O3S2/c1-10-5-6-13-14(8-10)27-17-15(13)18(24)22(9-12-4-3-7-25-12)19(21-17)26-11(2)16(20)23/h3-4,7,10-11H,5-6,8-9H2,1-2H3,(H2,20,23)/t10-,11+/m1/s1. The zero-order chi connectivity index (χ0) is 19.1. The minimum atomic E-state index is -0.480. The molecule has 0 bridgehead atoms. The highest BCUT2D eigenvalue weighted by Crippen LogP contribution is 2.37. The molecule has 0 saturated heterocycles. The van der Waals surface area contributed by atoms with Gasteiger partial charge in [-0.25, -0.2) is 4.98 Å². The first-order valence-electron chi connectivity index (χ1n) is 8.97. The summed E-state index contributed by atoms with van der Waals surface area (Å²) in [6.45, 7) is 4.25. The summed E-state index contributed by atoms with van der Waals surface area (Å²) in [7, 11) is 0. The first-order valence-corrected chi connectivity index (χ1v) is 10.7. The van der Waals surface area contributed by atoms with Crippen LogP contribution in [0.2, 0.25) is 0 Å². The monoisotopic (exact) mass is 403 g/mol. The lowest BCUT2D eigenvalue weighted by Gasteiger charge is -2.18. The predicted molar refractivity (Wildman–Crippen MR) is 107 cm³/mol. The lowest BCUT2D eigenvalue weighted by Crippen LogP contribution is -2.27. The third-order valence-electron chi connectivity index (χ3n) is 4.96. The highest BCUT2D eigenvalue weighted by molar-refractivity contribution is 8.00. The molecule has 6 nitrogen and oxygen atoms in total. The van der Waals surface area contributed by atoms with Crippen LogP contribution < -0.4 is 11.3 Å². The third kappa shape index (κ3) is 3.43. The molecule has 3 aromatic heterocycles. The lowest BCUT2D eigenvalue weighted by molar-refractivity contribution is -0.117. The molecule has 0 aromatic carbocycles. The van der Waals surface area contributed by atoms with Gasteiger partial charge in [0.15, 0.2) is 5.16 Å². The van der Waals surface area contributed by atoms with Gasteiger partial charge in [-0.2, -0.15) is 0 Å². The average Bonchev–Trinajstić information content (AvgIpc) is 3.24. The van der Waals surface area contributed by atoms with Crippen LogP contribution in [0.4, 0.5) is 0 Å². The van der Waals surface area contributed by atoms with Gasteiger partial charge in [-0.15, -0.1) is 11.3 Å². The van der Waals surface area contributed by atoms with E-state index in [0.717, 1.165) is 35.0 Å². The van der Waals surface area contributed by atoms with Gasteiger partial charge in [0.25, 0.3) is 5.56 Å². The number of carbonyl (C=O) groups excluding carboxylic acids is 1. The third-order valence-corrected chi connectivity index (χ3v) is 7.21. The van der Waals surface area contributed by atoms with Crippen LogP contribution in [-0.2, 0) is 24.2 Å². The van der Waals surface area contributed by atoms with Crippen molar-refractivity contribution in [3.05, 3.63) is 45.0 Å². The number of hydrogen-bond acceptors (Lipinski definition) is 6. The summed E-state index contributed by atoms with van der Waals surface area (Å²) in [6, 6.07) is 3.62. The largest absolute Gasteiger partial charge is 0.467 e. The van der Waals surface area contributed by atoms with E-state index in [1.165, 1.54) is 16.6 Å². The number of aromatic nitrogens is 2. The van der Waals surface area contributed by atoms with Crippen LogP contribution in [-0.4, -0.2) is 20.7 Å². The number of furan rings is 1. The molecule has 27 heavy (non-hydrogen) atoms. The van der Waals surface area contributed by atoms with E-state index in [1.807, 2.05) is 6.07 Å². The van der Waals surface area contributed by atoms with Crippen LogP contribution in [0.1, 0.15) is 36.5 Å². The Morgan fingerprint density at radius 2 is 2.37 bits per heavy atom. The van der Waals surface area contributed by atoms with Crippen molar-refractivity contribution in [3.63, 3.8) is 0 Å². The summed E-state index contributed by atoms with van der Waals surface area (Å²) in [6.07, 6.45) is 4.58. The molecule has 4 rings (SSSR count). The Morgan fingerprint density at radius 1 is 1.56 bits per heavy atom. The van der Waals surface area contributed by atoms with Crippen LogP contribution >= 0.6 is 23.1 Å². The van der Waals surface area contributed by atoms with E-state index in [9.17, 15) is 9.59 Å². The molecule has 1 aliphatic rings. The highest BCUT2D eigenvalue weighted by atomic mass is 32.2. The fourth-order valence-electron chi connectivity index (χ4n) is 3.41. The van der Waals surface area contributed by atoms with Crippen molar-refractivity contribution >= 4 is 39.2 Å². The van der Waals surface area contributed by atoms with Crippen molar-refractivity contribution in [3.8, 4) is 0 Å². The van der Waals surface area contributed by atoms with Crippen molar-refractivity contribution in [1.29, 1.82) is 0 Å². The maximum Gasteiger partial charge on any atom is 0.263 e. The molecular weight excluding hydrogens is 382 g/mol. The molecule has 0 spiro atoms. The second-order valence-electron chi connectivity index (χ2n) is 7.06. The Hall–Kier alpha value is -2.06. The fraction of sp³-hybridized carbons (Fsp3) is 0.421. The number of thiophene rings is 1. The number of fused-ring (bicyclic) bond motifs is 3. The molecule has 0 saturated carbocycles. The second kappa shape index (κ2) is 7.16. The molecule has 2 atom stereocenters. The molecule has 2 N–H and O–H groups in total. The summed E-state index contributed by atoms with van der Waals surface area (Å²) in [5.74, 6) is 0.863. The zero-order valence-electron chi connectivity index (χ0n) is 15.2. The number of primary amides is 1. The van der Waals surface area contributed by atoms with Gasteiger partial charge >= 0.3 is 0 Å². The van der Waals surface area contributed by atoms with Crippen LogP contribution in [0.15, 0.2) is 32.8 Å². The van der Waals surface area contributed by atoms with E-state index in [4.69, 9.17) is 15.1 Å². The molecular formula is C19H21N3O3S2. The van der Waals surface area contributed by atoms with Gasteiger partial charge in [0.2, 0.25) is 5.91 Å². The number of rotatable bonds is 5. The Kier molecular flexibility index (Phi) is 4.86. The number of amides is 1. The first kappa shape index (κ1) is 18.3. The molecule has 1 amide bonds. The van der Waals surface area contributed by atoms with Crippen molar-refractivity contribution in [2.75, 3.05) is 0 Å². The summed E-state index contributed by atoms with van der Waals surface area (Å²) < 4.78 is 7.04. The maximum atomic E-state index is 13.4. The minimum Gasteiger partial charge on any atom is -0.467 e. The number of nitrogens with zero attached hydrogens (tertiary/aromatic N) is 2. The zero-order valence-corrected chi connectivity index (χ0v) is 16.9. The van der Waals surface area contributed by atoms with Gasteiger partial charge in [-0.05, 0) is 49.8 Å². The molecule has 3 aromatic rings. The van der Waals surface area contributed by atoms with Gasteiger partial charge in [-0.3, -0.25) is 14.2 Å². The summed E-state index contributed by atoms with van der Waals surface area (Å²) in [5.41, 5.74) is 6.51. The van der Waals surface area contributed by atoms with Crippen LogP contribution in [0.3, 0.4) is 0 Å². The predicted octanol–water partition coefficient (Wildman–Crippen LogP) is 3.19. The average molecular weight is 404 g/mol. The number of hydrogen-bond donors (Lipinski definition) is 1. The van der Waals surface area contributed by atoms with Gasteiger partial charge in [0.1, 0.15) is 10.6 Å². The summed E-state index contributed by atoms with van der Waals surface area (Å²) in [5, 5.41) is 0.748. The summed E-state index contributed by atoms with van der Waals surface area (Å²) in [4.78, 5) is 31.7. The molecule has 8 heteroatoms. The molecule has 3 heterocycles. The van der Waals surface area contributed by atoms with Gasteiger partial charge in [-0.1, -0.05) is 18.7 Å². The van der Waals surface area contributed by atoms with E-state index < -0.39 is 11.2 Å². The van der Waals surface area contributed by atoms with E-state index in [-0.39, 0.29) is 12.1 Å². The Bertz CT molecular complexity index is 1050. The van der Waals surface area contributed by atoms with Crippen LogP contribution in [0.25, 0.3) is 10.2 Å². The Balaban J connectivity index is 1.88. The summed E-state index contributed by atoms with van der Waals surface area (Å²) >= 11 is 2.82. The van der Waals surface area contributed by atoms with Gasteiger partial charge in [0, 0.05) is 4.88 Å². The van der Waals surface area contributed by atoms with E-state index in [0.29, 0.717) is 16.8 Å². The topological polar surface area (TPSA) is 91.1 Å². The number of thioether (sulfide) groups is 1. The van der Waals surface area contributed by atoms with Crippen molar-refractivity contribution in [2.45, 2.75) is 50.1 Å². The fourth-order valence-corrected chi connectivity index (χ4v) is 5.69. The van der Waals surface area contributed by atoms with E-state index in [2.05, 4.69) is 6.92 Å². The number of aryl methyl sites for hydroxylation is 1. The quantitative estimate of drug-likeness (QED) is 0.522. The van der Waals surface area contributed by atoms with E-state index in [1.54, 1.807) is 35.2 Å². The highest BCUT2D eigenvalue weighted by Gasteiger charge is 2.26. The van der Waals surface area contributed by atoms with E-state index >= 15 is 0 Å². The smallest absolute Gasteiger partial charge is 0.263 e. The molecule has 1 aliphatic carbocycles. The van der Waals surface area contributed by atoms with Crippen molar-refractivity contribution < 1.29 is 9.21 Å².